The Morgan fingerprint density at radius 3 is 2.53 bits per heavy atom. The molecule has 1 fully saturated rings. The van der Waals surface area contributed by atoms with Gasteiger partial charge in [0.1, 0.15) is 0 Å². The second kappa shape index (κ2) is 10.00. The Hall–Kier alpha value is -0.850. The van der Waals surface area contributed by atoms with E-state index in [9.17, 15) is 5.26 Å². The number of piperazine rings is 1. The third-order valence-electron chi connectivity index (χ3n) is 3.94. The highest BCUT2D eigenvalue weighted by Crippen LogP contribution is 2.11. The summed E-state index contributed by atoms with van der Waals surface area (Å²) >= 11 is 0. The Labute approximate surface area is 118 Å². The summed E-state index contributed by atoms with van der Waals surface area (Å²) in [6.07, 6.45) is 9.15. The van der Waals surface area contributed by atoms with E-state index in [2.05, 4.69) is 29.4 Å². The van der Waals surface area contributed by atoms with Gasteiger partial charge < -0.3 is 4.90 Å². The summed E-state index contributed by atoms with van der Waals surface area (Å²) in [7, 11) is 0. The molecule has 0 aromatic carbocycles. The van der Waals surface area contributed by atoms with Crippen molar-refractivity contribution in [1.82, 2.24) is 9.80 Å². The summed E-state index contributed by atoms with van der Waals surface area (Å²) in [5, 5.41) is 9.19. The van der Waals surface area contributed by atoms with Crippen LogP contribution in [0.2, 0.25) is 0 Å². The number of nitrogens with zero attached hydrogens (tertiary/aromatic N) is 3. The number of nitriles is 1. The zero-order valence-corrected chi connectivity index (χ0v) is 12.5. The van der Waals surface area contributed by atoms with Crippen molar-refractivity contribution in [3.05, 3.63) is 12.7 Å². The maximum absolute atomic E-state index is 9.19. The zero-order valence-electron chi connectivity index (χ0n) is 12.5. The van der Waals surface area contributed by atoms with Gasteiger partial charge >= 0.3 is 0 Å². The molecule has 0 spiro atoms. The van der Waals surface area contributed by atoms with Crippen LogP contribution in [0.1, 0.15) is 45.4 Å². The van der Waals surface area contributed by atoms with Crippen molar-refractivity contribution < 1.29 is 0 Å². The maximum Gasteiger partial charge on any atom is 0.0978 e. The molecule has 0 saturated carbocycles. The van der Waals surface area contributed by atoms with Crippen molar-refractivity contribution in [2.75, 3.05) is 32.7 Å². The first kappa shape index (κ1) is 16.2. The topological polar surface area (TPSA) is 30.3 Å². The Bertz CT molecular complexity index is 274. The first-order valence-corrected chi connectivity index (χ1v) is 7.78. The molecule has 0 radical (unpaired) electrons. The molecule has 1 heterocycles. The van der Waals surface area contributed by atoms with Crippen LogP contribution in [-0.2, 0) is 0 Å². The smallest absolute Gasteiger partial charge is 0.0978 e. The molecule has 3 heteroatoms. The van der Waals surface area contributed by atoms with Crippen LogP contribution in [0, 0.1) is 11.3 Å². The molecule has 1 saturated heterocycles. The van der Waals surface area contributed by atoms with Gasteiger partial charge in [0.2, 0.25) is 0 Å². The molecular formula is C16H29N3. The van der Waals surface area contributed by atoms with E-state index in [4.69, 9.17) is 0 Å². The molecule has 1 aliphatic heterocycles. The van der Waals surface area contributed by atoms with Gasteiger partial charge in [-0.05, 0) is 32.2 Å². The number of hydrogen-bond donors (Lipinski definition) is 0. The summed E-state index contributed by atoms with van der Waals surface area (Å²) in [6, 6.07) is 2.59. The van der Waals surface area contributed by atoms with Crippen LogP contribution in [0.5, 0.6) is 0 Å². The summed E-state index contributed by atoms with van der Waals surface area (Å²) in [5.41, 5.74) is 0. The zero-order chi connectivity index (χ0) is 13.9. The second-order valence-electron chi connectivity index (χ2n) is 5.45. The van der Waals surface area contributed by atoms with E-state index >= 15 is 0 Å². The number of hydrogen-bond acceptors (Lipinski definition) is 3. The number of unbranched alkanes of at least 4 members (excludes halogenated alkanes) is 3. The Morgan fingerprint density at radius 1 is 1.21 bits per heavy atom. The molecular weight excluding hydrogens is 234 g/mol. The normalized spacial score (nSPS) is 18.9. The quantitative estimate of drug-likeness (QED) is 0.473. The Balaban J connectivity index is 2.14. The minimum Gasteiger partial charge on any atom is -0.301 e. The van der Waals surface area contributed by atoms with Gasteiger partial charge in [-0.3, -0.25) is 4.90 Å². The van der Waals surface area contributed by atoms with Gasteiger partial charge in [-0.25, -0.2) is 0 Å². The molecule has 108 valence electrons. The fourth-order valence-electron chi connectivity index (χ4n) is 2.70. The molecule has 0 aromatic heterocycles. The molecule has 3 nitrogen and oxygen atoms in total. The van der Waals surface area contributed by atoms with E-state index in [-0.39, 0.29) is 6.04 Å². The van der Waals surface area contributed by atoms with Crippen LogP contribution in [0.3, 0.4) is 0 Å². The third-order valence-corrected chi connectivity index (χ3v) is 3.94. The van der Waals surface area contributed by atoms with E-state index in [0.29, 0.717) is 0 Å². The van der Waals surface area contributed by atoms with E-state index in [1.54, 1.807) is 0 Å². The van der Waals surface area contributed by atoms with Gasteiger partial charge in [-0.1, -0.05) is 25.8 Å². The molecule has 0 amide bonds. The van der Waals surface area contributed by atoms with Crippen molar-refractivity contribution in [2.24, 2.45) is 0 Å². The lowest BCUT2D eigenvalue weighted by atomic mass is 10.1. The van der Waals surface area contributed by atoms with Gasteiger partial charge in [-0.2, -0.15) is 5.26 Å². The van der Waals surface area contributed by atoms with Gasteiger partial charge in [-0.15, -0.1) is 6.58 Å². The predicted octanol–water partition coefficient (Wildman–Crippen LogP) is 3.04. The van der Waals surface area contributed by atoms with Crippen molar-refractivity contribution >= 4 is 0 Å². The first-order chi connectivity index (χ1) is 9.31. The minimum absolute atomic E-state index is 0.139. The van der Waals surface area contributed by atoms with Crippen LogP contribution >= 0.6 is 0 Å². The minimum atomic E-state index is 0.139. The van der Waals surface area contributed by atoms with Crippen molar-refractivity contribution in [2.45, 2.75) is 51.5 Å². The highest BCUT2D eigenvalue weighted by molar-refractivity contribution is 4.93. The average molecular weight is 263 g/mol. The first-order valence-electron chi connectivity index (χ1n) is 7.78. The second-order valence-corrected chi connectivity index (χ2v) is 5.45. The fraction of sp³-hybridized carbons (Fsp3) is 0.812. The summed E-state index contributed by atoms with van der Waals surface area (Å²) in [5.74, 6) is 0. The third kappa shape index (κ3) is 6.22. The Kier molecular flexibility index (Phi) is 8.53. The molecule has 1 rings (SSSR count). The van der Waals surface area contributed by atoms with E-state index < -0.39 is 0 Å². The standard InChI is InChI=1S/C16H29N3/c1-3-5-6-7-8-10-18-11-13-19(14-12-18)16(15-17)9-4-2/h3,16H,1,4-14H2,2H3. The van der Waals surface area contributed by atoms with Crippen LogP contribution in [0.15, 0.2) is 12.7 Å². The van der Waals surface area contributed by atoms with Crippen LogP contribution in [0.25, 0.3) is 0 Å². The van der Waals surface area contributed by atoms with Gasteiger partial charge in [0, 0.05) is 26.2 Å². The number of allylic oxidation sites excluding steroid dienone is 1. The van der Waals surface area contributed by atoms with Crippen molar-refractivity contribution in [3.8, 4) is 6.07 Å². The molecule has 1 unspecified atom stereocenters. The van der Waals surface area contributed by atoms with Crippen molar-refractivity contribution in [3.63, 3.8) is 0 Å². The summed E-state index contributed by atoms with van der Waals surface area (Å²) in [4.78, 5) is 4.91. The molecule has 1 atom stereocenters. The fourth-order valence-corrected chi connectivity index (χ4v) is 2.70. The van der Waals surface area contributed by atoms with Crippen LogP contribution in [-0.4, -0.2) is 48.6 Å². The molecule has 0 N–H and O–H groups in total. The van der Waals surface area contributed by atoms with Gasteiger partial charge in [0.05, 0.1) is 12.1 Å². The highest BCUT2D eigenvalue weighted by atomic mass is 15.3. The van der Waals surface area contributed by atoms with E-state index in [1.165, 1.54) is 25.8 Å². The summed E-state index contributed by atoms with van der Waals surface area (Å²) < 4.78 is 0. The average Bonchev–Trinajstić information content (AvgIpc) is 2.45. The molecule has 19 heavy (non-hydrogen) atoms. The van der Waals surface area contributed by atoms with Gasteiger partial charge in [0.25, 0.3) is 0 Å². The molecule has 0 bridgehead atoms. The summed E-state index contributed by atoms with van der Waals surface area (Å²) in [6.45, 7) is 11.5. The predicted molar refractivity (Wildman–Crippen MR) is 81.0 cm³/mol. The molecule has 1 aliphatic rings. The monoisotopic (exact) mass is 263 g/mol. The van der Waals surface area contributed by atoms with Gasteiger partial charge in [0.15, 0.2) is 0 Å². The Morgan fingerprint density at radius 2 is 1.95 bits per heavy atom. The van der Waals surface area contributed by atoms with Crippen molar-refractivity contribution in [1.29, 1.82) is 5.26 Å². The highest BCUT2D eigenvalue weighted by Gasteiger charge is 2.22. The largest absolute Gasteiger partial charge is 0.301 e. The lowest BCUT2D eigenvalue weighted by Gasteiger charge is -2.36. The lowest BCUT2D eigenvalue weighted by Crippen LogP contribution is -2.50. The van der Waals surface area contributed by atoms with Crippen LogP contribution < -0.4 is 0 Å². The van der Waals surface area contributed by atoms with Crippen LogP contribution in [0.4, 0.5) is 0 Å². The number of rotatable bonds is 9. The molecule has 0 aromatic rings. The lowest BCUT2D eigenvalue weighted by molar-refractivity contribution is 0.109. The molecule has 0 aliphatic carbocycles. The maximum atomic E-state index is 9.19. The SMILES string of the molecule is C=CCCCCCN1CCN(C(C#N)CCC)CC1. The van der Waals surface area contributed by atoms with E-state index in [1.807, 2.05) is 6.08 Å². The van der Waals surface area contributed by atoms with E-state index in [0.717, 1.165) is 45.4 Å².